The van der Waals surface area contributed by atoms with Crippen LogP contribution in [-0.2, 0) is 21.2 Å². The van der Waals surface area contributed by atoms with Crippen molar-refractivity contribution >= 4 is 43.6 Å². The van der Waals surface area contributed by atoms with Crippen LogP contribution in [-0.4, -0.2) is 56.2 Å². The van der Waals surface area contributed by atoms with Crippen LogP contribution >= 0.6 is 11.3 Å². The number of aromatic nitrogens is 2. The summed E-state index contributed by atoms with van der Waals surface area (Å²) in [4.78, 5) is 20.4. The molecule has 0 aliphatic heterocycles. The number of sulfonamides is 1. The third-order valence-electron chi connectivity index (χ3n) is 5.20. The summed E-state index contributed by atoms with van der Waals surface area (Å²) in [7, 11) is 3.00. The molecule has 4 rings (SSSR count). The molecule has 0 atom stereocenters. The van der Waals surface area contributed by atoms with E-state index in [-0.39, 0.29) is 17.2 Å². The highest BCUT2D eigenvalue weighted by Gasteiger charge is 2.20. The molecule has 0 fully saturated rings. The maximum absolute atomic E-state index is 13.0. The summed E-state index contributed by atoms with van der Waals surface area (Å²) in [5.41, 5.74) is 3.82. The van der Waals surface area contributed by atoms with Crippen molar-refractivity contribution in [2.75, 3.05) is 38.4 Å². The average molecular weight is 484 g/mol. The minimum absolute atomic E-state index is 0.119. The molecular formula is C23H25N5O3S2. The fraction of sp³-hybridized carbons (Fsp3) is 0.217. The second-order valence-corrected chi connectivity index (χ2v) is 10.9. The number of anilines is 2. The van der Waals surface area contributed by atoms with E-state index in [1.165, 1.54) is 31.5 Å². The van der Waals surface area contributed by atoms with Gasteiger partial charge in [-0.1, -0.05) is 30.3 Å². The van der Waals surface area contributed by atoms with Crippen LogP contribution in [0, 0.1) is 0 Å². The molecule has 4 aromatic rings. The fourth-order valence-electron chi connectivity index (χ4n) is 3.44. The van der Waals surface area contributed by atoms with Crippen molar-refractivity contribution in [3.8, 4) is 11.3 Å². The zero-order chi connectivity index (χ0) is 23.8. The van der Waals surface area contributed by atoms with Gasteiger partial charge in [-0.05, 0) is 18.2 Å². The topological polar surface area (TPSA) is 87.0 Å². The van der Waals surface area contributed by atoms with Crippen molar-refractivity contribution in [2.45, 2.75) is 11.3 Å². The Morgan fingerprint density at radius 2 is 1.82 bits per heavy atom. The van der Waals surface area contributed by atoms with E-state index in [1.807, 2.05) is 65.3 Å². The molecule has 8 nitrogen and oxygen atoms in total. The van der Waals surface area contributed by atoms with E-state index in [0.29, 0.717) is 11.4 Å². The Labute approximate surface area is 197 Å². The van der Waals surface area contributed by atoms with Gasteiger partial charge >= 0.3 is 0 Å². The van der Waals surface area contributed by atoms with Crippen molar-refractivity contribution in [1.29, 1.82) is 0 Å². The summed E-state index contributed by atoms with van der Waals surface area (Å²) in [6, 6.07) is 14.6. The third-order valence-corrected chi connectivity index (χ3v) is 7.90. The first kappa shape index (κ1) is 23.0. The van der Waals surface area contributed by atoms with Crippen molar-refractivity contribution in [2.24, 2.45) is 0 Å². The summed E-state index contributed by atoms with van der Waals surface area (Å²) >= 11 is 1.47. The molecule has 2 aromatic heterocycles. The number of nitrogens with one attached hydrogen (secondary N) is 1. The van der Waals surface area contributed by atoms with E-state index in [2.05, 4.69) is 10.3 Å². The van der Waals surface area contributed by atoms with Crippen LogP contribution in [0.3, 0.4) is 0 Å². The predicted octanol–water partition coefficient (Wildman–Crippen LogP) is 3.56. The van der Waals surface area contributed by atoms with Crippen molar-refractivity contribution in [3.05, 3.63) is 65.8 Å². The Bertz CT molecular complexity index is 1410. The van der Waals surface area contributed by atoms with Gasteiger partial charge in [0, 0.05) is 51.0 Å². The SMILES string of the molecule is CN(C)c1ccc(S(=O)(=O)N(C)C)cc1NC(=O)Cc1csc2nc(-c3ccccc3)cn12. The lowest BCUT2D eigenvalue weighted by molar-refractivity contribution is -0.115. The molecule has 0 saturated heterocycles. The molecule has 2 aromatic carbocycles. The molecule has 0 bridgehead atoms. The number of imidazole rings is 1. The van der Waals surface area contributed by atoms with E-state index < -0.39 is 10.0 Å². The van der Waals surface area contributed by atoms with E-state index >= 15 is 0 Å². The van der Waals surface area contributed by atoms with E-state index in [1.54, 1.807) is 12.1 Å². The average Bonchev–Trinajstić information content (AvgIpc) is 3.36. The highest BCUT2D eigenvalue weighted by atomic mass is 32.2. The van der Waals surface area contributed by atoms with Crippen molar-refractivity contribution < 1.29 is 13.2 Å². The predicted molar refractivity (Wildman–Crippen MR) is 132 cm³/mol. The number of hydrogen-bond acceptors (Lipinski definition) is 6. The number of thiazole rings is 1. The zero-order valence-electron chi connectivity index (χ0n) is 18.8. The monoisotopic (exact) mass is 483 g/mol. The molecule has 172 valence electrons. The van der Waals surface area contributed by atoms with Crippen LogP contribution in [0.25, 0.3) is 16.2 Å². The number of nitrogens with zero attached hydrogens (tertiary/aromatic N) is 4. The van der Waals surface area contributed by atoms with E-state index in [9.17, 15) is 13.2 Å². The molecule has 0 spiro atoms. The Hall–Kier alpha value is -3.21. The summed E-state index contributed by atoms with van der Waals surface area (Å²) in [6.45, 7) is 0. The van der Waals surface area contributed by atoms with Crippen molar-refractivity contribution in [3.63, 3.8) is 0 Å². The molecule has 0 unspecified atom stereocenters. The van der Waals surface area contributed by atoms with Gasteiger partial charge in [-0.2, -0.15) is 0 Å². The van der Waals surface area contributed by atoms with Gasteiger partial charge < -0.3 is 10.2 Å². The quantitative estimate of drug-likeness (QED) is 0.434. The molecule has 0 radical (unpaired) electrons. The van der Waals surface area contributed by atoms with Crippen LogP contribution in [0.2, 0.25) is 0 Å². The lowest BCUT2D eigenvalue weighted by Crippen LogP contribution is -2.23. The van der Waals surface area contributed by atoms with Gasteiger partial charge in [0.05, 0.1) is 28.4 Å². The lowest BCUT2D eigenvalue weighted by Gasteiger charge is -2.20. The number of carbonyl (C=O) groups is 1. The van der Waals surface area contributed by atoms with Crippen LogP contribution in [0.15, 0.2) is 65.0 Å². The number of carbonyl (C=O) groups excluding carboxylic acids is 1. The maximum Gasteiger partial charge on any atom is 0.242 e. The normalized spacial score (nSPS) is 11.8. The molecule has 2 heterocycles. The Balaban J connectivity index is 1.60. The Kier molecular flexibility index (Phi) is 6.24. The molecule has 0 aliphatic carbocycles. The van der Waals surface area contributed by atoms with Gasteiger partial charge in [-0.25, -0.2) is 17.7 Å². The van der Waals surface area contributed by atoms with Gasteiger partial charge in [-0.3, -0.25) is 9.20 Å². The van der Waals surface area contributed by atoms with E-state index in [4.69, 9.17) is 0 Å². The standard InChI is InChI=1S/C23H25N5O3S2/c1-26(2)21-11-10-18(33(30,31)27(3)4)13-19(21)24-22(29)12-17-15-32-23-25-20(14-28(17)23)16-8-6-5-7-9-16/h5-11,13-15H,12H2,1-4H3,(H,24,29). The third kappa shape index (κ3) is 4.63. The Morgan fingerprint density at radius 3 is 2.48 bits per heavy atom. The maximum atomic E-state index is 13.0. The minimum Gasteiger partial charge on any atom is -0.376 e. The molecule has 33 heavy (non-hydrogen) atoms. The first-order chi connectivity index (χ1) is 15.7. The molecular weight excluding hydrogens is 458 g/mol. The first-order valence-corrected chi connectivity index (χ1v) is 12.5. The molecule has 0 aliphatic rings. The number of hydrogen-bond donors (Lipinski definition) is 1. The highest BCUT2D eigenvalue weighted by Crippen LogP contribution is 2.29. The Morgan fingerprint density at radius 1 is 1.09 bits per heavy atom. The van der Waals surface area contributed by atoms with Crippen LogP contribution in [0.5, 0.6) is 0 Å². The minimum atomic E-state index is -3.63. The van der Waals surface area contributed by atoms with Gasteiger partial charge in [0.2, 0.25) is 15.9 Å². The fourth-order valence-corrected chi connectivity index (χ4v) is 5.24. The zero-order valence-corrected chi connectivity index (χ0v) is 20.4. The molecule has 10 heteroatoms. The van der Waals surface area contributed by atoms with Crippen LogP contribution in [0.4, 0.5) is 11.4 Å². The van der Waals surface area contributed by atoms with Gasteiger partial charge in [-0.15, -0.1) is 11.3 Å². The number of rotatable bonds is 7. The summed E-state index contributed by atoms with van der Waals surface area (Å²) in [5.74, 6) is -0.243. The molecule has 0 saturated carbocycles. The van der Waals surface area contributed by atoms with Gasteiger partial charge in [0.25, 0.3) is 0 Å². The number of fused-ring (bicyclic) bond motifs is 1. The number of benzene rings is 2. The second-order valence-electron chi connectivity index (χ2n) is 7.96. The van der Waals surface area contributed by atoms with Crippen molar-refractivity contribution in [1.82, 2.24) is 13.7 Å². The lowest BCUT2D eigenvalue weighted by atomic mass is 10.2. The number of amides is 1. The molecule has 1 amide bonds. The summed E-state index contributed by atoms with van der Waals surface area (Å²) in [6.07, 6.45) is 2.06. The van der Waals surface area contributed by atoms with Gasteiger partial charge in [0.1, 0.15) is 0 Å². The molecule has 1 N–H and O–H groups in total. The smallest absolute Gasteiger partial charge is 0.242 e. The van der Waals surface area contributed by atoms with Gasteiger partial charge in [0.15, 0.2) is 4.96 Å². The summed E-state index contributed by atoms with van der Waals surface area (Å²) in [5, 5.41) is 4.81. The van der Waals surface area contributed by atoms with E-state index in [0.717, 1.165) is 26.2 Å². The summed E-state index contributed by atoms with van der Waals surface area (Å²) < 4.78 is 28.2. The van der Waals surface area contributed by atoms with Crippen LogP contribution < -0.4 is 10.2 Å². The van der Waals surface area contributed by atoms with Crippen LogP contribution in [0.1, 0.15) is 5.69 Å². The largest absolute Gasteiger partial charge is 0.376 e. The highest BCUT2D eigenvalue weighted by molar-refractivity contribution is 7.89. The second kappa shape index (κ2) is 8.97. The first-order valence-electron chi connectivity index (χ1n) is 10.2.